The number of hydrogen-bond acceptors (Lipinski definition) is 3. The molecule has 0 spiro atoms. The lowest BCUT2D eigenvalue weighted by Gasteiger charge is -2.12. The molecule has 2 N–H and O–H groups in total. The first-order valence-electron chi connectivity index (χ1n) is 9.57. The van der Waals surface area contributed by atoms with E-state index in [-0.39, 0.29) is 12.5 Å². The van der Waals surface area contributed by atoms with Crippen LogP contribution in [0, 0.1) is 0 Å². The molecule has 2 aliphatic rings. The number of benzene rings is 1. The molecule has 2 heterocycles. The van der Waals surface area contributed by atoms with E-state index in [1.165, 1.54) is 44.3 Å². The number of amides is 1. The third-order valence-corrected chi connectivity index (χ3v) is 5.41. The van der Waals surface area contributed by atoms with Crippen LogP contribution in [-0.4, -0.2) is 38.7 Å². The zero-order chi connectivity index (χ0) is 17.1. The highest BCUT2D eigenvalue weighted by molar-refractivity contribution is 5.84. The van der Waals surface area contributed by atoms with Gasteiger partial charge in [-0.15, -0.1) is 0 Å². The zero-order valence-corrected chi connectivity index (χ0v) is 14.7. The summed E-state index contributed by atoms with van der Waals surface area (Å²) in [5.74, 6) is 1.82. The summed E-state index contributed by atoms with van der Waals surface area (Å²) in [7, 11) is 0. The summed E-state index contributed by atoms with van der Waals surface area (Å²) < 4.78 is 11.6. The molecule has 5 heteroatoms. The van der Waals surface area contributed by atoms with Crippen molar-refractivity contribution in [3.05, 3.63) is 29.5 Å². The number of ether oxygens (including phenoxy) is 1. The molecule has 1 aromatic carbocycles. The van der Waals surface area contributed by atoms with Crippen LogP contribution in [0.3, 0.4) is 0 Å². The van der Waals surface area contributed by atoms with E-state index < -0.39 is 0 Å². The Morgan fingerprint density at radius 2 is 2.00 bits per heavy atom. The molecule has 0 bridgehead atoms. The minimum atomic E-state index is -0.0482. The third kappa shape index (κ3) is 3.82. The van der Waals surface area contributed by atoms with Gasteiger partial charge in [0.2, 0.25) is 0 Å². The van der Waals surface area contributed by atoms with Gasteiger partial charge in [0.25, 0.3) is 5.91 Å². The maximum atomic E-state index is 12.0. The van der Waals surface area contributed by atoms with Crippen LogP contribution in [0.25, 0.3) is 11.0 Å². The van der Waals surface area contributed by atoms with Gasteiger partial charge in [0.15, 0.2) is 6.61 Å². The number of fused-ring (bicyclic) bond motifs is 3. The van der Waals surface area contributed by atoms with Crippen LogP contribution >= 0.6 is 0 Å². The second-order valence-electron chi connectivity index (χ2n) is 7.21. The summed E-state index contributed by atoms with van der Waals surface area (Å²) in [4.78, 5) is 13.6. The molecule has 1 aromatic heterocycles. The molecule has 0 atom stereocenters. The van der Waals surface area contributed by atoms with Crippen molar-refractivity contribution < 1.29 is 18.8 Å². The highest BCUT2D eigenvalue weighted by Gasteiger charge is 2.18. The number of carbonyl (C=O) groups is 1. The molecule has 1 fully saturated rings. The Morgan fingerprint density at radius 1 is 1.16 bits per heavy atom. The van der Waals surface area contributed by atoms with Crippen LogP contribution < -0.4 is 15.0 Å². The quantitative estimate of drug-likeness (QED) is 0.835. The Bertz CT molecular complexity index is 747. The molecule has 1 amide bonds. The van der Waals surface area contributed by atoms with E-state index in [4.69, 9.17) is 9.15 Å². The van der Waals surface area contributed by atoms with Crippen LogP contribution in [0.15, 0.2) is 22.6 Å². The highest BCUT2D eigenvalue weighted by atomic mass is 16.5. The molecule has 1 aliphatic heterocycles. The second-order valence-corrected chi connectivity index (χ2v) is 7.21. The van der Waals surface area contributed by atoms with Gasteiger partial charge in [0.1, 0.15) is 17.1 Å². The molecule has 4 rings (SSSR count). The van der Waals surface area contributed by atoms with Gasteiger partial charge in [-0.1, -0.05) is 0 Å². The summed E-state index contributed by atoms with van der Waals surface area (Å²) in [6, 6.07) is 5.86. The van der Waals surface area contributed by atoms with E-state index in [0.29, 0.717) is 0 Å². The first-order chi connectivity index (χ1) is 12.3. The van der Waals surface area contributed by atoms with Crippen molar-refractivity contribution in [2.75, 3.05) is 32.8 Å². The van der Waals surface area contributed by atoms with Gasteiger partial charge in [0.05, 0.1) is 26.2 Å². The topological polar surface area (TPSA) is 55.9 Å². The van der Waals surface area contributed by atoms with Crippen LogP contribution in [-0.2, 0) is 17.6 Å². The zero-order valence-electron chi connectivity index (χ0n) is 14.7. The van der Waals surface area contributed by atoms with Crippen molar-refractivity contribution in [3.8, 4) is 5.75 Å². The first-order valence-corrected chi connectivity index (χ1v) is 9.57. The standard InChI is InChI=1S/C20H26N2O3/c23-20(21-9-12-22-10-3-4-11-22)14-24-15-7-8-19-17(13-15)16-5-1-2-6-18(16)25-19/h7-8,13H,1-6,9-12,14H2,(H,21,23)/p+1. The summed E-state index contributed by atoms with van der Waals surface area (Å²) >= 11 is 0. The van der Waals surface area contributed by atoms with E-state index in [1.54, 1.807) is 4.90 Å². The molecule has 25 heavy (non-hydrogen) atoms. The maximum absolute atomic E-state index is 12.0. The fourth-order valence-corrected chi connectivity index (χ4v) is 4.04. The van der Waals surface area contributed by atoms with Crippen molar-refractivity contribution in [2.24, 2.45) is 0 Å². The van der Waals surface area contributed by atoms with E-state index in [1.807, 2.05) is 18.2 Å². The lowest BCUT2D eigenvalue weighted by Crippen LogP contribution is -3.10. The van der Waals surface area contributed by atoms with Gasteiger partial charge in [-0.25, -0.2) is 0 Å². The molecule has 0 radical (unpaired) electrons. The molecule has 5 nitrogen and oxygen atoms in total. The number of quaternary nitrogens is 1. The van der Waals surface area contributed by atoms with E-state index in [2.05, 4.69) is 5.32 Å². The normalized spacial score (nSPS) is 17.6. The monoisotopic (exact) mass is 343 g/mol. The number of nitrogens with one attached hydrogen (secondary N) is 2. The van der Waals surface area contributed by atoms with Crippen molar-refractivity contribution in [2.45, 2.75) is 38.5 Å². The Hall–Kier alpha value is -2.01. The molecular weight excluding hydrogens is 316 g/mol. The number of furan rings is 1. The lowest BCUT2D eigenvalue weighted by atomic mass is 9.96. The molecule has 0 saturated carbocycles. The van der Waals surface area contributed by atoms with Crippen LogP contribution in [0.2, 0.25) is 0 Å². The Morgan fingerprint density at radius 3 is 2.88 bits per heavy atom. The number of carbonyl (C=O) groups excluding carboxylic acids is 1. The average molecular weight is 343 g/mol. The summed E-state index contributed by atoms with van der Waals surface area (Å²) in [6.07, 6.45) is 7.15. The van der Waals surface area contributed by atoms with Crippen molar-refractivity contribution >= 4 is 16.9 Å². The maximum Gasteiger partial charge on any atom is 0.258 e. The lowest BCUT2D eigenvalue weighted by molar-refractivity contribution is -0.886. The van der Waals surface area contributed by atoms with E-state index >= 15 is 0 Å². The molecule has 2 aromatic rings. The second kappa shape index (κ2) is 7.48. The Labute approximate surface area is 148 Å². The molecule has 1 saturated heterocycles. The number of likely N-dealkylation sites (tertiary alicyclic amines) is 1. The van der Waals surface area contributed by atoms with Crippen LogP contribution in [0.5, 0.6) is 5.75 Å². The average Bonchev–Trinajstić information content (AvgIpc) is 3.27. The van der Waals surface area contributed by atoms with E-state index in [0.717, 1.165) is 48.4 Å². The van der Waals surface area contributed by atoms with Gasteiger partial charge >= 0.3 is 0 Å². The number of hydrogen-bond donors (Lipinski definition) is 2. The number of rotatable bonds is 6. The summed E-state index contributed by atoms with van der Waals surface area (Å²) in [5, 5.41) is 4.10. The van der Waals surface area contributed by atoms with Crippen molar-refractivity contribution in [1.82, 2.24) is 5.32 Å². The fourth-order valence-electron chi connectivity index (χ4n) is 4.04. The minimum absolute atomic E-state index is 0.0482. The third-order valence-electron chi connectivity index (χ3n) is 5.41. The van der Waals surface area contributed by atoms with Crippen LogP contribution in [0.1, 0.15) is 37.0 Å². The van der Waals surface area contributed by atoms with Crippen molar-refractivity contribution in [3.63, 3.8) is 0 Å². The van der Waals surface area contributed by atoms with Gasteiger partial charge in [-0.2, -0.15) is 0 Å². The van der Waals surface area contributed by atoms with Gasteiger partial charge in [-0.3, -0.25) is 4.79 Å². The predicted molar refractivity (Wildman–Crippen MR) is 96.2 cm³/mol. The van der Waals surface area contributed by atoms with Gasteiger partial charge in [0, 0.05) is 30.2 Å². The molecule has 0 unspecified atom stereocenters. The predicted octanol–water partition coefficient (Wildman–Crippen LogP) is 1.49. The van der Waals surface area contributed by atoms with E-state index in [9.17, 15) is 4.79 Å². The fraction of sp³-hybridized carbons (Fsp3) is 0.550. The van der Waals surface area contributed by atoms with Crippen molar-refractivity contribution in [1.29, 1.82) is 0 Å². The minimum Gasteiger partial charge on any atom is -0.484 e. The number of aryl methyl sites for hydroxylation is 2. The molecule has 1 aliphatic carbocycles. The van der Waals surface area contributed by atoms with Crippen LogP contribution in [0.4, 0.5) is 0 Å². The first kappa shape index (κ1) is 16.5. The molecular formula is C20H27N2O3+. The highest BCUT2D eigenvalue weighted by Crippen LogP contribution is 2.33. The smallest absolute Gasteiger partial charge is 0.258 e. The largest absolute Gasteiger partial charge is 0.484 e. The molecule has 134 valence electrons. The van der Waals surface area contributed by atoms with Gasteiger partial charge in [-0.05, 0) is 37.5 Å². The Kier molecular flexibility index (Phi) is 4.92. The summed E-state index contributed by atoms with van der Waals surface area (Å²) in [5.41, 5.74) is 2.25. The SMILES string of the molecule is O=C(COc1ccc2oc3c(c2c1)CCCC3)NCC[NH+]1CCCC1. The Balaban J connectivity index is 1.30. The summed E-state index contributed by atoms with van der Waals surface area (Å²) in [6.45, 7) is 4.29. The van der Waals surface area contributed by atoms with Gasteiger partial charge < -0.3 is 19.4 Å².